The first-order valence-electron chi connectivity index (χ1n) is 11.8. The highest BCUT2D eigenvalue weighted by Crippen LogP contribution is 2.31. The maximum Gasteiger partial charge on any atom is 0.255 e. The third-order valence-corrected chi connectivity index (χ3v) is 6.82. The third kappa shape index (κ3) is 3.92. The maximum atomic E-state index is 13.2. The van der Waals surface area contributed by atoms with Crippen LogP contribution in [-0.4, -0.2) is 20.5 Å². The van der Waals surface area contributed by atoms with Crippen LogP contribution in [0.3, 0.4) is 0 Å². The standard InChI is InChI=1S/C28H30N4O/c1-17(2)20-9-11-21(12-10-20)25-16-30-32-19(4)24(15-29-27(25)32)28(33)31-26-7-5-6-22-14-18(3)8-13-23(22)26/h8-17,26H,5-7H2,1-4H3,(H,31,33). The molecule has 5 rings (SSSR count). The number of aryl methyl sites for hydroxylation is 3. The molecule has 4 aromatic rings. The van der Waals surface area contributed by atoms with Crippen LogP contribution in [0, 0.1) is 13.8 Å². The summed E-state index contributed by atoms with van der Waals surface area (Å²) in [5, 5.41) is 7.81. The highest BCUT2D eigenvalue weighted by Gasteiger charge is 2.24. The molecule has 1 aliphatic carbocycles. The van der Waals surface area contributed by atoms with Crippen LogP contribution >= 0.6 is 0 Å². The van der Waals surface area contributed by atoms with Crippen molar-refractivity contribution < 1.29 is 4.79 Å². The number of fused-ring (bicyclic) bond motifs is 2. The van der Waals surface area contributed by atoms with E-state index >= 15 is 0 Å². The number of amides is 1. The molecule has 0 spiro atoms. The van der Waals surface area contributed by atoms with Gasteiger partial charge < -0.3 is 5.32 Å². The van der Waals surface area contributed by atoms with Crippen molar-refractivity contribution in [1.82, 2.24) is 19.9 Å². The number of aromatic nitrogens is 3. The molecule has 2 aromatic carbocycles. The number of nitrogens with zero attached hydrogens (tertiary/aromatic N) is 3. The molecule has 1 unspecified atom stereocenters. The summed E-state index contributed by atoms with van der Waals surface area (Å²) in [6.45, 7) is 8.42. The van der Waals surface area contributed by atoms with Crippen LogP contribution in [0.2, 0.25) is 0 Å². The highest BCUT2D eigenvalue weighted by atomic mass is 16.1. The number of rotatable bonds is 4. The Kier molecular flexibility index (Phi) is 5.49. The molecular weight excluding hydrogens is 408 g/mol. The van der Waals surface area contributed by atoms with Gasteiger partial charge in [0.2, 0.25) is 0 Å². The summed E-state index contributed by atoms with van der Waals surface area (Å²) < 4.78 is 1.78. The molecule has 5 nitrogen and oxygen atoms in total. The molecule has 1 N–H and O–H groups in total. The minimum absolute atomic E-state index is 0.0320. The second-order valence-electron chi connectivity index (χ2n) is 9.45. The number of nitrogens with one attached hydrogen (secondary N) is 1. The largest absolute Gasteiger partial charge is 0.345 e. The van der Waals surface area contributed by atoms with E-state index < -0.39 is 0 Å². The molecule has 0 fully saturated rings. The van der Waals surface area contributed by atoms with E-state index in [4.69, 9.17) is 0 Å². The smallest absolute Gasteiger partial charge is 0.255 e. The Bertz CT molecular complexity index is 1330. The molecule has 0 saturated carbocycles. The third-order valence-electron chi connectivity index (χ3n) is 6.82. The zero-order valence-corrected chi connectivity index (χ0v) is 19.7. The monoisotopic (exact) mass is 438 g/mol. The normalized spacial score (nSPS) is 15.6. The van der Waals surface area contributed by atoms with Gasteiger partial charge in [-0.1, -0.05) is 61.9 Å². The van der Waals surface area contributed by atoms with E-state index in [-0.39, 0.29) is 11.9 Å². The predicted molar refractivity (Wildman–Crippen MR) is 132 cm³/mol. The summed E-state index contributed by atoms with van der Waals surface area (Å²) in [5.74, 6) is 0.392. The fourth-order valence-corrected chi connectivity index (χ4v) is 4.85. The Balaban J connectivity index is 1.43. The quantitative estimate of drug-likeness (QED) is 0.429. The molecule has 0 aliphatic heterocycles. The summed E-state index contributed by atoms with van der Waals surface area (Å²) in [5.41, 5.74) is 9.31. The average molecular weight is 439 g/mol. The lowest BCUT2D eigenvalue weighted by Gasteiger charge is -2.27. The highest BCUT2D eigenvalue weighted by molar-refractivity contribution is 5.95. The lowest BCUT2D eigenvalue weighted by atomic mass is 9.86. The Morgan fingerprint density at radius 1 is 1.09 bits per heavy atom. The molecule has 1 aliphatic rings. The van der Waals surface area contributed by atoms with Gasteiger partial charge in [0.15, 0.2) is 5.65 Å². The van der Waals surface area contributed by atoms with Gasteiger partial charge in [-0.3, -0.25) is 4.79 Å². The maximum absolute atomic E-state index is 13.2. The predicted octanol–water partition coefficient (Wildman–Crippen LogP) is 5.94. The molecule has 2 heterocycles. The fourth-order valence-electron chi connectivity index (χ4n) is 4.85. The molecular formula is C28H30N4O. The lowest BCUT2D eigenvalue weighted by Crippen LogP contribution is -2.32. The van der Waals surface area contributed by atoms with Crippen molar-refractivity contribution in [3.05, 3.63) is 88.4 Å². The van der Waals surface area contributed by atoms with Crippen LogP contribution in [0.25, 0.3) is 16.8 Å². The Hall–Kier alpha value is -3.47. The van der Waals surface area contributed by atoms with E-state index in [1.54, 1.807) is 10.7 Å². The van der Waals surface area contributed by atoms with Gasteiger partial charge in [0, 0.05) is 11.8 Å². The molecule has 168 valence electrons. The molecule has 0 bridgehead atoms. The van der Waals surface area contributed by atoms with E-state index in [0.717, 1.165) is 41.7 Å². The SMILES string of the molecule is Cc1ccc2c(c1)CCCC2NC(=O)c1cnc2c(-c3ccc(C(C)C)cc3)cnn2c1C. The van der Waals surface area contributed by atoms with Crippen molar-refractivity contribution in [3.63, 3.8) is 0 Å². The summed E-state index contributed by atoms with van der Waals surface area (Å²) in [4.78, 5) is 17.9. The van der Waals surface area contributed by atoms with Crippen LogP contribution in [0.1, 0.15) is 77.0 Å². The topological polar surface area (TPSA) is 59.3 Å². The minimum Gasteiger partial charge on any atom is -0.345 e. The van der Waals surface area contributed by atoms with Gasteiger partial charge in [-0.2, -0.15) is 5.10 Å². The number of hydrogen-bond donors (Lipinski definition) is 1. The summed E-state index contributed by atoms with van der Waals surface area (Å²) >= 11 is 0. The van der Waals surface area contributed by atoms with Crippen molar-refractivity contribution in [2.45, 2.75) is 58.9 Å². The summed E-state index contributed by atoms with van der Waals surface area (Å²) in [6, 6.07) is 15.1. The second kappa shape index (κ2) is 8.47. The van der Waals surface area contributed by atoms with Crippen molar-refractivity contribution in [1.29, 1.82) is 0 Å². The number of benzene rings is 2. The van der Waals surface area contributed by atoms with Crippen molar-refractivity contribution in [2.75, 3.05) is 0 Å². The number of carbonyl (C=O) groups excluding carboxylic acids is 1. The Morgan fingerprint density at radius 2 is 1.88 bits per heavy atom. The van der Waals surface area contributed by atoms with Gasteiger partial charge in [0.05, 0.1) is 23.5 Å². The van der Waals surface area contributed by atoms with E-state index in [0.29, 0.717) is 11.5 Å². The summed E-state index contributed by atoms with van der Waals surface area (Å²) in [6.07, 6.45) is 6.63. The number of hydrogen-bond acceptors (Lipinski definition) is 3. The van der Waals surface area contributed by atoms with Gasteiger partial charge >= 0.3 is 0 Å². The fraction of sp³-hybridized carbons (Fsp3) is 0.321. The Labute approximate surface area is 194 Å². The van der Waals surface area contributed by atoms with E-state index in [9.17, 15) is 4.79 Å². The minimum atomic E-state index is -0.0985. The van der Waals surface area contributed by atoms with Crippen LogP contribution in [0.15, 0.2) is 54.9 Å². The zero-order chi connectivity index (χ0) is 23.1. The van der Waals surface area contributed by atoms with Gasteiger partial charge in [-0.05, 0) is 61.3 Å². The van der Waals surface area contributed by atoms with Gasteiger partial charge in [0.1, 0.15) is 0 Å². The van der Waals surface area contributed by atoms with Crippen LogP contribution in [0.4, 0.5) is 0 Å². The van der Waals surface area contributed by atoms with Gasteiger partial charge in [-0.15, -0.1) is 0 Å². The Morgan fingerprint density at radius 3 is 2.64 bits per heavy atom. The van der Waals surface area contributed by atoms with E-state index in [1.807, 2.05) is 13.1 Å². The number of carbonyl (C=O) groups is 1. The summed E-state index contributed by atoms with van der Waals surface area (Å²) in [7, 11) is 0. The van der Waals surface area contributed by atoms with E-state index in [1.165, 1.54) is 22.3 Å². The zero-order valence-electron chi connectivity index (χ0n) is 19.7. The van der Waals surface area contributed by atoms with Crippen molar-refractivity contribution >= 4 is 11.6 Å². The first kappa shape index (κ1) is 21.4. The molecule has 2 aromatic heterocycles. The first-order valence-corrected chi connectivity index (χ1v) is 11.8. The molecule has 1 atom stereocenters. The van der Waals surface area contributed by atoms with Crippen LogP contribution in [-0.2, 0) is 6.42 Å². The molecule has 0 radical (unpaired) electrons. The van der Waals surface area contributed by atoms with Crippen LogP contribution in [0.5, 0.6) is 0 Å². The molecule has 33 heavy (non-hydrogen) atoms. The van der Waals surface area contributed by atoms with Crippen molar-refractivity contribution in [2.24, 2.45) is 0 Å². The van der Waals surface area contributed by atoms with Crippen LogP contribution < -0.4 is 5.32 Å². The van der Waals surface area contributed by atoms with Crippen molar-refractivity contribution in [3.8, 4) is 11.1 Å². The van der Waals surface area contributed by atoms with Gasteiger partial charge in [0.25, 0.3) is 5.91 Å². The second-order valence-corrected chi connectivity index (χ2v) is 9.45. The molecule has 1 amide bonds. The lowest BCUT2D eigenvalue weighted by molar-refractivity contribution is 0.0931. The molecule has 5 heteroatoms. The average Bonchev–Trinajstić information content (AvgIpc) is 3.24. The molecule has 0 saturated heterocycles. The van der Waals surface area contributed by atoms with Gasteiger partial charge in [-0.25, -0.2) is 9.50 Å². The first-order chi connectivity index (χ1) is 15.9. The van der Waals surface area contributed by atoms with E-state index in [2.05, 4.69) is 78.6 Å².